The van der Waals surface area contributed by atoms with E-state index in [0.717, 1.165) is 22.7 Å². The van der Waals surface area contributed by atoms with Gasteiger partial charge >= 0.3 is 0 Å². The second-order valence-corrected chi connectivity index (χ2v) is 7.14. The predicted molar refractivity (Wildman–Crippen MR) is 111 cm³/mol. The molecule has 0 spiro atoms. The van der Waals surface area contributed by atoms with Gasteiger partial charge in [0.15, 0.2) is 10.8 Å². The average molecular weight is 411 g/mol. The fourth-order valence-corrected chi connectivity index (χ4v) is 3.41. The molecule has 140 valence electrons. The van der Waals surface area contributed by atoms with Crippen molar-refractivity contribution in [2.24, 2.45) is 0 Å². The summed E-state index contributed by atoms with van der Waals surface area (Å²) < 4.78 is 6.78. The first-order chi connectivity index (χ1) is 13.6. The molecule has 0 radical (unpaired) electrons. The minimum absolute atomic E-state index is 0.305. The van der Waals surface area contributed by atoms with Crippen LogP contribution in [0.15, 0.2) is 66.2 Å². The Morgan fingerprint density at radius 1 is 1.11 bits per heavy atom. The molecular formula is C20H15ClN4O2S. The van der Waals surface area contributed by atoms with E-state index in [9.17, 15) is 4.79 Å². The van der Waals surface area contributed by atoms with Crippen molar-refractivity contribution in [1.29, 1.82) is 0 Å². The molecule has 0 aliphatic rings. The van der Waals surface area contributed by atoms with Crippen LogP contribution in [0.4, 0.5) is 5.13 Å². The normalized spacial score (nSPS) is 10.6. The van der Waals surface area contributed by atoms with Crippen LogP contribution in [0.2, 0.25) is 5.02 Å². The zero-order chi connectivity index (χ0) is 19.5. The summed E-state index contributed by atoms with van der Waals surface area (Å²) in [6.45, 7) is 0. The van der Waals surface area contributed by atoms with E-state index < -0.39 is 0 Å². The number of hydrogen-bond acceptors (Lipinski definition) is 5. The molecule has 4 rings (SSSR count). The van der Waals surface area contributed by atoms with Crippen LogP contribution in [-0.4, -0.2) is 27.8 Å². The first-order valence-corrected chi connectivity index (χ1v) is 9.61. The highest BCUT2D eigenvalue weighted by Gasteiger charge is 2.13. The first kappa shape index (κ1) is 18.2. The number of halogens is 1. The van der Waals surface area contributed by atoms with Crippen molar-refractivity contribution in [2.75, 3.05) is 12.4 Å². The lowest BCUT2D eigenvalue weighted by molar-refractivity contribution is 0.102. The average Bonchev–Trinajstić information content (AvgIpc) is 3.39. The number of methoxy groups -OCH3 is 1. The number of carbonyl (C=O) groups is 1. The number of anilines is 1. The number of benzene rings is 2. The number of ether oxygens (including phenoxy) is 1. The molecule has 0 aliphatic heterocycles. The molecule has 0 saturated carbocycles. The van der Waals surface area contributed by atoms with Crippen LogP contribution in [0, 0.1) is 0 Å². The van der Waals surface area contributed by atoms with E-state index in [1.807, 2.05) is 41.8 Å². The van der Waals surface area contributed by atoms with Gasteiger partial charge in [-0.1, -0.05) is 23.7 Å². The third-order valence-corrected chi connectivity index (χ3v) is 5.03. The lowest BCUT2D eigenvalue weighted by Crippen LogP contribution is -2.13. The summed E-state index contributed by atoms with van der Waals surface area (Å²) in [7, 11) is 1.61. The summed E-state index contributed by atoms with van der Waals surface area (Å²) in [5, 5.41) is 10.2. The van der Waals surface area contributed by atoms with Gasteiger partial charge in [0.2, 0.25) is 0 Å². The number of carbonyl (C=O) groups excluding carboxylic acids is 1. The quantitative estimate of drug-likeness (QED) is 0.507. The van der Waals surface area contributed by atoms with Gasteiger partial charge in [0, 0.05) is 22.2 Å². The molecular weight excluding hydrogens is 396 g/mol. The van der Waals surface area contributed by atoms with Gasteiger partial charge in [-0.15, -0.1) is 11.3 Å². The van der Waals surface area contributed by atoms with Crippen LogP contribution in [0.25, 0.3) is 16.9 Å². The van der Waals surface area contributed by atoms with Crippen LogP contribution >= 0.6 is 22.9 Å². The van der Waals surface area contributed by atoms with Crippen molar-refractivity contribution in [3.05, 3.63) is 76.9 Å². The van der Waals surface area contributed by atoms with Crippen LogP contribution in [0.3, 0.4) is 0 Å². The molecule has 0 bridgehead atoms. The molecule has 4 aromatic rings. The predicted octanol–water partition coefficient (Wildman–Crippen LogP) is 4.91. The SMILES string of the molecule is COc1ccc(-n2ccc(C(=O)Nc3nc(-c4ccc(Cl)cc4)cs3)n2)cc1. The van der Waals surface area contributed by atoms with Gasteiger partial charge in [-0.2, -0.15) is 5.10 Å². The van der Waals surface area contributed by atoms with Crippen molar-refractivity contribution in [2.45, 2.75) is 0 Å². The molecule has 2 heterocycles. The minimum atomic E-state index is -0.315. The van der Waals surface area contributed by atoms with Gasteiger partial charge in [-0.3, -0.25) is 10.1 Å². The first-order valence-electron chi connectivity index (χ1n) is 8.35. The molecule has 0 saturated heterocycles. The van der Waals surface area contributed by atoms with Gasteiger partial charge in [-0.25, -0.2) is 9.67 Å². The molecule has 8 heteroatoms. The van der Waals surface area contributed by atoms with E-state index in [0.29, 0.717) is 15.8 Å². The van der Waals surface area contributed by atoms with Crippen molar-refractivity contribution in [1.82, 2.24) is 14.8 Å². The van der Waals surface area contributed by atoms with Crippen molar-refractivity contribution in [3.8, 4) is 22.7 Å². The van der Waals surface area contributed by atoms with Crippen LogP contribution in [0.5, 0.6) is 5.75 Å². The molecule has 0 atom stereocenters. The molecule has 2 aromatic heterocycles. The smallest absolute Gasteiger partial charge is 0.277 e. The van der Waals surface area contributed by atoms with Crippen LogP contribution in [0.1, 0.15) is 10.5 Å². The largest absolute Gasteiger partial charge is 0.497 e. The van der Waals surface area contributed by atoms with Gasteiger partial charge in [0.05, 0.1) is 18.5 Å². The fourth-order valence-electron chi connectivity index (χ4n) is 2.57. The second-order valence-electron chi connectivity index (χ2n) is 5.84. The zero-order valence-electron chi connectivity index (χ0n) is 14.8. The maximum absolute atomic E-state index is 12.5. The van der Waals surface area contributed by atoms with E-state index >= 15 is 0 Å². The maximum atomic E-state index is 12.5. The van der Waals surface area contributed by atoms with Gasteiger partial charge < -0.3 is 4.74 Å². The monoisotopic (exact) mass is 410 g/mol. The molecule has 0 fully saturated rings. The van der Waals surface area contributed by atoms with Gasteiger partial charge in [-0.05, 0) is 42.5 Å². The minimum Gasteiger partial charge on any atom is -0.497 e. The van der Waals surface area contributed by atoms with E-state index in [2.05, 4.69) is 15.4 Å². The summed E-state index contributed by atoms with van der Waals surface area (Å²) >= 11 is 7.27. The number of aromatic nitrogens is 3. The Bertz CT molecular complexity index is 1100. The maximum Gasteiger partial charge on any atom is 0.277 e. The fraction of sp³-hybridized carbons (Fsp3) is 0.0500. The Balaban J connectivity index is 1.47. The second kappa shape index (κ2) is 7.84. The van der Waals surface area contributed by atoms with Gasteiger partial charge in [0.1, 0.15) is 5.75 Å². The highest BCUT2D eigenvalue weighted by atomic mass is 35.5. The van der Waals surface area contributed by atoms with E-state index in [4.69, 9.17) is 16.3 Å². The highest BCUT2D eigenvalue weighted by molar-refractivity contribution is 7.14. The highest BCUT2D eigenvalue weighted by Crippen LogP contribution is 2.26. The number of nitrogens with zero attached hydrogens (tertiary/aromatic N) is 3. The van der Waals surface area contributed by atoms with Crippen molar-refractivity contribution < 1.29 is 9.53 Å². The molecule has 0 aliphatic carbocycles. The van der Waals surface area contributed by atoms with E-state index in [-0.39, 0.29) is 5.91 Å². The Kier molecular flexibility index (Phi) is 5.10. The van der Waals surface area contributed by atoms with Crippen LogP contribution in [-0.2, 0) is 0 Å². The summed E-state index contributed by atoms with van der Waals surface area (Å²) in [5.41, 5.74) is 2.85. The summed E-state index contributed by atoms with van der Waals surface area (Å²) in [6, 6.07) is 16.5. The van der Waals surface area contributed by atoms with Crippen molar-refractivity contribution in [3.63, 3.8) is 0 Å². The Labute approximate surface area is 170 Å². The van der Waals surface area contributed by atoms with Crippen molar-refractivity contribution >= 4 is 34.0 Å². The number of thiazole rings is 1. The van der Waals surface area contributed by atoms with E-state index in [1.165, 1.54) is 11.3 Å². The lowest BCUT2D eigenvalue weighted by Gasteiger charge is -2.03. The Hall–Kier alpha value is -3.16. The summed E-state index contributed by atoms with van der Waals surface area (Å²) in [6.07, 6.45) is 1.73. The Morgan fingerprint density at radius 3 is 2.57 bits per heavy atom. The Morgan fingerprint density at radius 2 is 1.86 bits per heavy atom. The third kappa shape index (κ3) is 3.90. The molecule has 28 heavy (non-hydrogen) atoms. The molecule has 1 amide bonds. The topological polar surface area (TPSA) is 69.0 Å². The molecule has 1 N–H and O–H groups in total. The standard InChI is InChI=1S/C20H15ClN4O2S/c1-27-16-8-6-15(7-9-16)25-11-10-17(24-25)19(26)23-20-22-18(12-28-20)13-2-4-14(21)5-3-13/h2-12H,1H3,(H,22,23,26). The zero-order valence-corrected chi connectivity index (χ0v) is 16.4. The molecule has 6 nitrogen and oxygen atoms in total. The summed E-state index contributed by atoms with van der Waals surface area (Å²) in [4.78, 5) is 16.9. The third-order valence-electron chi connectivity index (χ3n) is 4.02. The number of nitrogens with one attached hydrogen (secondary N) is 1. The molecule has 0 unspecified atom stereocenters. The molecule has 2 aromatic carbocycles. The summed E-state index contributed by atoms with van der Waals surface area (Å²) in [5.74, 6) is 0.443. The number of amides is 1. The van der Waals surface area contributed by atoms with E-state index in [1.54, 1.807) is 36.2 Å². The number of hydrogen-bond donors (Lipinski definition) is 1. The van der Waals surface area contributed by atoms with Gasteiger partial charge in [0.25, 0.3) is 5.91 Å². The number of rotatable bonds is 5. The van der Waals surface area contributed by atoms with Crippen LogP contribution < -0.4 is 10.1 Å². The lowest BCUT2D eigenvalue weighted by atomic mass is 10.2.